The largest absolute Gasteiger partial charge is 0.485 e. The molecule has 2 aromatic rings. The van der Waals surface area contributed by atoms with Crippen LogP contribution in [0.2, 0.25) is 0 Å². The molecule has 1 saturated heterocycles. The van der Waals surface area contributed by atoms with Crippen LogP contribution in [0.25, 0.3) is 0 Å². The topological polar surface area (TPSA) is 76.2 Å². The van der Waals surface area contributed by atoms with Crippen molar-refractivity contribution in [3.63, 3.8) is 0 Å². The van der Waals surface area contributed by atoms with E-state index in [1.54, 1.807) is 17.9 Å². The molecule has 33 heavy (non-hydrogen) atoms. The van der Waals surface area contributed by atoms with Crippen molar-refractivity contribution in [3.05, 3.63) is 53.6 Å². The molecule has 174 valence electrons. The summed E-state index contributed by atoms with van der Waals surface area (Å²) < 4.78 is 37.2. The third-order valence-corrected chi connectivity index (χ3v) is 5.83. The molecule has 1 unspecified atom stereocenters. The molecule has 9 heteroatoms. The van der Waals surface area contributed by atoms with Gasteiger partial charge in [0, 0.05) is 24.7 Å². The minimum Gasteiger partial charge on any atom is -0.485 e. The zero-order valence-electron chi connectivity index (χ0n) is 18.2. The van der Waals surface area contributed by atoms with Crippen molar-refractivity contribution < 1.29 is 32.6 Å². The molecule has 0 aliphatic carbocycles. The Balaban J connectivity index is 1.52. The summed E-state index contributed by atoms with van der Waals surface area (Å²) in [5.41, 5.74) is 0.569. The van der Waals surface area contributed by atoms with Crippen LogP contribution < -0.4 is 14.4 Å². The van der Waals surface area contributed by atoms with Crippen LogP contribution in [0.15, 0.2) is 36.4 Å². The van der Waals surface area contributed by atoms with Crippen molar-refractivity contribution in [3.8, 4) is 11.5 Å². The third-order valence-electron chi connectivity index (χ3n) is 5.83. The van der Waals surface area contributed by atoms with Crippen molar-refractivity contribution >= 4 is 23.3 Å². The standard InChI is InChI=1S/C24H24F2N2O5/c1-15(24(31)27-9-3-2-4-10-27)28-20-11-16(5-8-22(20)33-14-23(28)30)21(29)13-32-17-6-7-18(25)19(26)12-17/h5-8,11-12,15H,2-4,9-10,13-14H2,1H3. The summed E-state index contributed by atoms with van der Waals surface area (Å²) >= 11 is 0. The lowest BCUT2D eigenvalue weighted by atomic mass is 10.1. The lowest BCUT2D eigenvalue weighted by molar-refractivity contribution is -0.135. The van der Waals surface area contributed by atoms with E-state index in [9.17, 15) is 23.2 Å². The van der Waals surface area contributed by atoms with E-state index in [1.807, 2.05) is 0 Å². The number of hydrogen-bond acceptors (Lipinski definition) is 5. The van der Waals surface area contributed by atoms with Crippen LogP contribution in [0.3, 0.4) is 0 Å². The Morgan fingerprint density at radius 3 is 2.55 bits per heavy atom. The predicted molar refractivity (Wildman–Crippen MR) is 115 cm³/mol. The molecular formula is C24H24F2N2O5. The van der Waals surface area contributed by atoms with E-state index < -0.39 is 30.1 Å². The summed E-state index contributed by atoms with van der Waals surface area (Å²) in [7, 11) is 0. The van der Waals surface area contributed by atoms with E-state index >= 15 is 0 Å². The van der Waals surface area contributed by atoms with Crippen molar-refractivity contribution in [1.82, 2.24) is 4.90 Å². The van der Waals surface area contributed by atoms with Gasteiger partial charge in [-0.2, -0.15) is 0 Å². The smallest absolute Gasteiger partial charge is 0.265 e. The summed E-state index contributed by atoms with van der Waals surface area (Å²) in [6, 6.07) is 6.83. The van der Waals surface area contributed by atoms with Gasteiger partial charge in [-0.05, 0) is 56.5 Å². The molecule has 2 amide bonds. The van der Waals surface area contributed by atoms with E-state index in [4.69, 9.17) is 9.47 Å². The van der Waals surface area contributed by atoms with E-state index in [0.29, 0.717) is 24.5 Å². The molecule has 2 aliphatic heterocycles. The van der Waals surface area contributed by atoms with Gasteiger partial charge in [0.1, 0.15) is 17.5 Å². The molecule has 0 radical (unpaired) electrons. The number of likely N-dealkylation sites (tertiary alicyclic amines) is 1. The van der Waals surface area contributed by atoms with Gasteiger partial charge in [-0.25, -0.2) is 8.78 Å². The predicted octanol–water partition coefficient (Wildman–Crippen LogP) is 3.35. The minimum atomic E-state index is -1.08. The number of anilines is 1. The van der Waals surface area contributed by atoms with Crippen LogP contribution in [0, 0.1) is 11.6 Å². The van der Waals surface area contributed by atoms with Crippen LogP contribution in [0.5, 0.6) is 11.5 Å². The summed E-state index contributed by atoms with van der Waals surface area (Å²) in [4.78, 5) is 41.5. The van der Waals surface area contributed by atoms with E-state index in [0.717, 1.165) is 31.4 Å². The van der Waals surface area contributed by atoms with Crippen LogP contribution >= 0.6 is 0 Å². The van der Waals surface area contributed by atoms with Gasteiger partial charge in [-0.15, -0.1) is 0 Å². The quantitative estimate of drug-likeness (QED) is 0.621. The zero-order chi connectivity index (χ0) is 23.5. The maximum Gasteiger partial charge on any atom is 0.265 e. The van der Waals surface area contributed by atoms with Crippen LogP contribution in [-0.2, 0) is 9.59 Å². The summed E-state index contributed by atoms with van der Waals surface area (Å²) in [6.45, 7) is 2.38. The molecule has 2 heterocycles. The average molecular weight is 458 g/mol. The Morgan fingerprint density at radius 2 is 1.82 bits per heavy atom. The Kier molecular flexibility index (Phi) is 6.57. The zero-order valence-corrected chi connectivity index (χ0v) is 18.2. The number of carbonyl (C=O) groups excluding carboxylic acids is 3. The highest BCUT2D eigenvalue weighted by Gasteiger charge is 2.35. The SMILES string of the molecule is CC(C(=O)N1CCCCC1)N1C(=O)COc2ccc(C(=O)COc3ccc(F)c(F)c3)cc21. The first kappa shape index (κ1) is 22.7. The van der Waals surface area contributed by atoms with Crippen LogP contribution in [-0.4, -0.2) is 54.8 Å². The van der Waals surface area contributed by atoms with Crippen molar-refractivity contribution in [2.24, 2.45) is 0 Å². The molecule has 1 fully saturated rings. The fraction of sp³-hybridized carbons (Fsp3) is 0.375. The summed E-state index contributed by atoms with van der Waals surface area (Å²) in [5, 5.41) is 0. The number of halogens is 2. The molecular weight excluding hydrogens is 434 g/mol. The first-order valence-corrected chi connectivity index (χ1v) is 10.8. The third kappa shape index (κ3) is 4.81. The molecule has 1 atom stereocenters. The molecule has 2 aliphatic rings. The number of rotatable bonds is 6. The highest BCUT2D eigenvalue weighted by atomic mass is 19.2. The maximum absolute atomic E-state index is 13.3. The second kappa shape index (κ2) is 9.56. The number of piperidine rings is 1. The number of ketones is 1. The molecule has 0 bridgehead atoms. The van der Waals surface area contributed by atoms with E-state index in [2.05, 4.69) is 0 Å². The normalized spacial score (nSPS) is 16.6. The molecule has 0 N–H and O–H groups in total. The first-order chi connectivity index (χ1) is 15.8. The van der Waals surface area contributed by atoms with Gasteiger partial charge < -0.3 is 14.4 Å². The maximum atomic E-state index is 13.3. The lowest BCUT2D eigenvalue weighted by Crippen LogP contribution is -2.53. The molecule has 7 nitrogen and oxygen atoms in total. The van der Waals surface area contributed by atoms with Gasteiger partial charge in [0.05, 0.1) is 5.69 Å². The van der Waals surface area contributed by atoms with Gasteiger partial charge in [-0.1, -0.05) is 0 Å². The number of Topliss-reactive ketones (excluding diaryl/α,β-unsaturated/α-hetero) is 1. The Hall–Kier alpha value is -3.49. The molecule has 0 saturated carbocycles. The minimum absolute atomic E-state index is 0.0149. The van der Waals surface area contributed by atoms with Gasteiger partial charge in [0.15, 0.2) is 30.6 Å². The number of ether oxygens (including phenoxy) is 2. The van der Waals surface area contributed by atoms with E-state index in [-0.39, 0.29) is 29.7 Å². The number of carbonyl (C=O) groups is 3. The Bertz CT molecular complexity index is 1080. The van der Waals surface area contributed by atoms with Gasteiger partial charge in [0.25, 0.3) is 5.91 Å². The molecule has 4 rings (SSSR count). The molecule has 0 aromatic heterocycles. The number of fused-ring (bicyclic) bond motifs is 1. The van der Waals surface area contributed by atoms with Gasteiger partial charge >= 0.3 is 0 Å². The number of hydrogen-bond donors (Lipinski definition) is 0. The average Bonchev–Trinajstić information content (AvgIpc) is 2.83. The first-order valence-electron chi connectivity index (χ1n) is 10.8. The summed E-state index contributed by atoms with van der Waals surface area (Å²) in [5.74, 6) is -2.63. The number of amides is 2. The second-order valence-electron chi connectivity index (χ2n) is 8.08. The number of nitrogens with zero attached hydrogens (tertiary/aromatic N) is 2. The van der Waals surface area contributed by atoms with Gasteiger partial charge in [0.2, 0.25) is 5.91 Å². The Labute approximate surface area is 189 Å². The fourth-order valence-electron chi connectivity index (χ4n) is 4.06. The molecule has 2 aromatic carbocycles. The lowest BCUT2D eigenvalue weighted by Gasteiger charge is -2.37. The molecule has 0 spiro atoms. The fourth-order valence-corrected chi connectivity index (χ4v) is 4.06. The van der Waals surface area contributed by atoms with Crippen molar-refractivity contribution in [1.29, 1.82) is 0 Å². The second-order valence-corrected chi connectivity index (χ2v) is 8.08. The highest BCUT2D eigenvalue weighted by Crippen LogP contribution is 2.35. The van der Waals surface area contributed by atoms with E-state index in [1.165, 1.54) is 23.1 Å². The van der Waals surface area contributed by atoms with Crippen molar-refractivity contribution in [2.75, 3.05) is 31.2 Å². The van der Waals surface area contributed by atoms with Crippen LogP contribution in [0.1, 0.15) is 36.5 Å². The monoisotopic (exact) mass is 458 g/mol. The van der Waals surface area contributed by atoms with Gasteiger partial charge in [-0.3, -0.25) is 19.3 Å². The highest BCUT2D eigenvalue weighted by molar-refractivity contribution is 6.05. The van der Waals surface area contributed by atoms with Crippen molar-refractivity contribution in [2.45, 2.75) is 32.2 Å². The van der Waals surface area contributed by atoms with Crippen LogP contribution in [0.4, 0.5) is 14.5 Å². The number of benzene rings is 2. The Morgan fingerprint density at radius 1 is 1.06 bits per heavy atom. The summed E-state index contributed by atoms with van der Waals surface area (Å²) in [6.07, 6.45) is 2.95.